The third-order valence-corrected chi connectivity index (χ3v) is 9.46. The Bertz CT molecular complexity index is 2150. The molecule has 1 aromatic heterocycles. The predicted octanol–water partition coefficient (Wildman–Crippen LogP) is 7.53. The van der Waals surface area contributed by atoms with Crippen molar-refractivity contribution < 1.29 is 5.11 Å². The highest BCUT2D eigenvalue weighted by atomic mass is 79.9. The molecule has 4 aliphatic heterocycles. The van der Waals surface area contributed by atoms with E-state index < -0.39 is 5.41 Å². The van der Waals surface area contributed by atoms with Gasteiger partial charge in [0.25, 0.3) is 0 Å². The first-order chi connectivity index (χ1) is 21.0. The summed E-state index contributed by atoms with van der Waals surface area (Å²) in [6, 6.07) is 17.1. The van der Waals surface area contributed by atoms with Crippen molar-refractivity contribution in [3.8, 4) is 0 Å². The van der Waals surface area contributed by atoms with Crippen LogP contribution < -0.4 is 10.7 Å². The second-order valence-electron chi connectivity index (χ2n) is 12.4. The molecule has 218 valence electrons. The van der Waals surface area contributed by atoms with Gasteiger partial charge in [0.15, 0.2) is 0 Å². The van der Waals surface area contributed by atoms with Crippen LogP contribution in [0.25, 0.3) is 17.2 Å². The van der Waals surface area contributed by atoms with E-state index in [2.05, 4.69) is 103 Å². The van der Waals surface area contributed by atoms with Crippen molar-refractivity contribution in [1.82, 2.24) is 4.98 Å². The van der Waals surface area contributed by atoms with Gasteiger partial charge >= 0.3 is 0 Å². The summed E-state index contributed by atoms with van der Waals surface area (Å²) in [5.41, 5.74) is 12.9. The molecular weight excluding hydrogens is 608 g/mol. The van der Waals surface area contributed by atoms with Crippen LogP contribution in [-0.2, 0) is 0 Å². The highest BCUT2D eigenvalue weighted by Gasteiger charge is 2.39. The van der Waals surface area contributed by atoms with E-state index in [1.165, 1.54) is 22.3 Å². The fraction of sp³-hybridized carbons (Fsp3) is 0.184. The van der Waals surface area contributed by atoms with Gasteiger partial charge in [-0.1, -0.05) is 47.5 Å². The van der Waals surface area contributed by atoms with Crippen molar-refractivity contribution >= 4 is 50.3 Å². The molecule has 2 N–H and O–H groups in total. The third kappa shape index (κ3) is 4.56. The molecule has 0 fully saturated rings. The molecule has 6 heteroatoms. The largest absolute Gasteiger partial charge is 0.509 e. The zero-order valence-electron chi connectivity index (χ0n) is 25.7. The topological polar surface area (TPSA) is 73.1 Å². The van der Waals surface area contributed by atoms with Gasteiger partial charge < -0.3 is 10.1 Å². The number of aryl methyl sites for hydroxylation is 4. The number of rotatable bonds is 2. The zero-order valence-corrected chi connectivity index (χ0v) is 27.3. The summed E-state index contributed by atoms with van der Waals surface area (Å²) in [6.07, 6.45) is 10.2. The summed E-state index contributed by atoms with van der Waals surface area (Å²) in [5.74, 6) is 0.222. The average Bonchev–Trinajstić information content (AvgIpc) is 3.77. The minimum atomic E-state index is -0.703. The van der Waals surface area contributed by atoms with Crippen LogP contribution in [0.3, 0.4) is 0 Å². The average molecular weight is 642 g/mol. The van der Waals surface area contributed by atoms with Crippen LogP contribution in [0.4, 0.5) is 0 Å². The van der Waals surface area contributed by atoms with Gasteiger partial charge in [-0.3, -0.25) is 0 Å². The van der Waals surface area contributed by atoms with Crippen molar-refractivity contribution in [2.45, 2.75) is 41.5 Å². The lowest BCUT2D eigenvalue weighted by atomic mass is 9.86. The molecule has 0 saturated heterocycles. The van der Waals surface area contributed by atoms with Gasteiger partial charge in [-0.05, 0) is 122 Å². The molecule has 0 amide bonds. The second kappa shape index (κ2) is 10.3. The van der Waals surface area contributed by atoms with E-state index in [0.717, 1.165) is 66.0 Å². The van der Waals surface area contributed by atoms with Crippen molar-refractivity contribution in [2.75, 3.05) is 0 Å². The minimum absolute atomic E-state index is 0.222. The summed E-state index contributed by atoms with van der Waals surface area (Å²) in [6.45, 7) is 12.5. The van der Waals surface area contributed by atoms with Crippen LogP contribution in [0.2, 0.25) is 0 Å². The molecular formula is C38H33BrN4O. The van der Waals surface area contributed by atoms with E-state index in [-0.39, 0.29) is 5.76 Å². The maximum absolute atomic E-state index is 11.4. The van der Waals surface area contributed by atoms with Crippen LogP contribution in [0.15, 0.2) is 115 Å². The molecule has 0 radical (unpaired) electrons. The second-order valence-corrected chi connectivity index (χ2v) is 13.2. The fourth-order valence-electron chi connectivity index (χ4n) is 6.47. The van der Waals surface area contributed by atoms with Gasteiger partial charge in [0.2, 0.25) is 0 Å². The van der Waals surface area contributed by atoms with Crippen LogP contribution in [0, 0.1) is 33.1 Å². The van der Waals surface area contributed by atoms with Gasteiger partial charge in [-0.2, -0.15) is 0 Å². The highest BCUT2D eigenvalue weighted by molar-refractivity contribution is 9.12. The number of hydrogen-bond donors (Lipinski definition) is 2. The van der Waals surface area contributed by atoms with E-state index in [1.807, 2.05) is 38.1 Å². The molecule has 0 atom stereocenters. The minimum Gasteiger partial charge on any atom is -0.509 e. The summed E-state index contributed by atoms with van der Waals surface area (Å²) in [7, 11) is 0. The Kier molecular flexibility index (Phi) is 6.59. The maximum Gasteiger partial charge on any atom is 0.129 e. The number of aliphatic hydroxyl groups excluding tert-OH is 1. The normalized spacial score (nSPS) is 18.7. The summed E-state index contributed by atoms with van der Waals surface area (Å²) < 4.78 is 0.753. The smallest absolute Gasteiger partial charge is 0.129 e. The van der Waals surface area contributed by atoms with Crippen LogP contribution in [0.1, 0.15) is 47.2 Å². The molecule has 0 aliphatic carbocycles. The molecule has 5 nitrogen and oxygen atoms in total. The molecule has 0 saturated carbocycles. The lowest BCUT2D eigenvalue weighted by Gasteiger charge is -2.21. The zero-order chi connectivity index (χ0) is 30.9. The number of aromatic amines is 1. The Labute approximate surface area is 265 Å². The number of aromatic nitrogens is 1. The summed E-state index contributed by atoms with van der Waals surface area (Å²) in [4.78, 5) is 19.0. The van der Waals surface area contributed by atoms with Crippen LogP contribution in [0.5, 0.6) is 0 Å². The number of nitrogens with zero attached hydrogens (tertiary/aromatic N) is 3. The molecule has 8 bridgehead atoms. The number of nitrogens with one attached hydrogen (secondary N) is 1. The summed E-state index contributed by atoms with van der Waals surface area (Å²) >= 11 is 3.81. The lowest BCUT2D eigenvalue weighted by molar-refractivity contribution is 0.320. The number of H-pyrrole nitrogens is 1. The number of fused-ring (bicyclic) bond motifs is 5. The summed E-state index contributed by atoms with van der Waals surface area (Å²) in [5, 5.41) is 13.2. The Morgan fingerprint density at radius 2 is 1.34 bits per heavy atom. The first-order valence-corrected chi connectivity index (χ1v) is 15.6. The molecule has 5 heterocycles. The first-order valence-electron chi connectivity index (χ1n) is 14.8. The lowest BCUT2D eigenvalue weighted by Crippen LogP contribution is -2.24. The van der Waals surface area contributed by atoms with Crippen LogP contribution >= 0.6 is 15.9 Å². The molecule has 44 heavy (non-hydrogen) atoms. The van der Waals surface area contributed by atoms with E-state index in [0.29, 0.717) is 5.70 Å². The maximum atomic E-state index is 11.4. The van der Waals surface area contributed by atoms with Gasteiger partial charge in [0.1, 0.15) is 11.5 Å². The quantitative estimate of drug-likeness (QED) is 0.299. The van der Waals surface area contributed by atoms with E-state index in [4.69, 9.17) is 15.0 Å². The van der Waals surface area contributed by atoms with E-state index in [1.54, 1.807) is 0 Å². The van der Waals surface area contributed by atoms with Crippen molar-refractivity contribution in [2.24, 2.45) is 20.4 Å². The van der Waals surface area contributed by atoms with Gasteiger partial charge in [0.05, 0.1) is 38.4 Å². The number of benzene rings is 2. The Hall–Kier alpha value is -4.55. The molecule has 0 spiro atoms. The third-order valence-electron chi connectivity index (χ3n) is 8.68. The van der Waals surface area contributed by atoms with Crippen molar-refractivity contribution in [3.05, 3.63) is 144 Å². The molecule has 2 aromatic carbocycles. The number of hydrogen-bond acceptors (Lipinski definition) is 4. The van der Waals surface area contributed by atoms with Crippen molar-refractivity contribution in [3.63, 3.8) is 0 Å². The number of aliphatic hydroxyl groups is 1. The Balaban J connectivity index is 1.60. The van der Waals surface area contributed by atoms with Crippen LogP contribution in [-0.4, -0.2) is 27.2 Å². The number of halogens is 1. The standard InChI is InChI=1S/C38H33BrN4O/c1-20-7-9-24(10-8-20)33-26-13-14-29(41-26)34(32-22(3)17-21(2)18-23(32)4)28-12-11-25(40-28)19-31-37(44)38(5,6)36(43-31)35(39)30-16-15-27(33)42-30/h7-19,40,44H,1-6H3. The fourth-order valence-corrected chi connectivity index (χ4v) is 7.27. The molecule has 3 aromatic rings. The van der Waals surface area contributed by atoms with E-state index in [9.17, 15) is 5.11 Å². The monoisotopic (exact) mass is 640 g/mol. The first kappa shape index (κ1) is 28.2. The molecule has 0 unspecified atom stereocenters. The number of aliphatic imine (C=N–C) groups is 3. The Morgan fingerprint density at radius 3 is 2.05 bits per heavy atom. The molecule has 7 rings (SSSR count). The number of allylic oxidation sites excluding steroid dienone is 8. The van der Waals surface area contributed by atoms with Gasteiger partial charge in [-0.25, -0.2) is 15.0 Å². The highest BCUT2D eigenvalue weighted by Crippen LogP contribution is 2.42. The van der Waals surface area contributed by atoms with E-state index >= 15 is 0 Å². The Morgan fingerprint density at radius 1 is 0.705 bits per heavy atom. The predicted molar refractivity (Wildman–Crippen MR) is 186 cm³/mol. The van der Waals surface area contributed by atoms with Gasteiger partial charge in [0, 0.05) is 21.8 Å². The van der Waals surface area contributed by atoms with Gasteiger partial charge in [-0.15, -0.1) is 0 Å². The van der Waals surface area contributed by atoms with Crippen molar-refractivity contribution in [1.29, 1.82) is 0 Å². The SMILES string of the molecule is Cc1ccc(C2=C3C=CC(=N3)C(c3c(C)cc(C)cc3C)=c3ccc([nH]3)=CC3=C(O)C(C)(C)C(=N3)C(Br)=C3C=CC2=N3)cc1. The molecule has 4 aliphatic rings.